The summed E-state index contributed by atoms with van der Waals surface area (Å²) in [5, 5.41) is 3.01. The van der Waals surface area contributed by atoms with Gasteiger partial charge >= 0.3 is 0 Å². The largest absolute Gasteiger partial charge is 0.372 e. The van der Waals surface area contributed by atoms with Crippen LogP contribution in [0.3, 0.4) is 0 Å². The average Bonchev–Trinajstić information content (AvgIpc) is 2.40. The second kappa shape index (κ2) is 5.77. The van der Waals surface area contributed by atoms with Crippen LogP contribution in [0.4, 0.5) is 11.6 Å². The lowest BCUT2D eigenvalue weighted by molar-refractivity contribution is 0.857. The molecule has 0 bridgehead atoms. The van der Waals surface area contributed by atoms with Gasteiger partial charge < -0.3 is 10.2 Å². The van der Waals surface area contributed by atoms with Crippen LogP contribution in [-0.4, -0.2) is 29.0 Å². The molecule has 0 fully saturated rings. The SMILES string of the molecule is CNc1ncnc(N(C)Cc2ccccn2)c1Br. The summed E-state index contributed by atoms with van der Waals surface area (Å²) in [5.41, 5.74) is 0.997. The number of nitrogens with one attached hydrogen (secondary N) is 1. The van der Waals surface area contributed by atoms with Gasteiger partial charge in [0.15, 0.2) is 0 Å². The molecule has 2 rings (SSSR count). The number of pyridine rings is 1. The fraction of sp³-hybridized carbons (Fsp3) is 0.250. The summed E-state index contributed by atoms with van der Waals surface area (Å²) in [6.45, 7) is 0.694. The highest BCUT2D eigenvalue weighted by atomic mass is 79.9. The average molecular weight is 308 g/mol. The van der Waals surface area contributed by atoms with Crippen LogP contribution in [0, 0.1) is 0 Å². The molecule has 2 heterocycles. The molecule has 0 aliphatic carbocycles. The molecule has 0 aliphatic rings. The zero-order valence-electron chi connectivity index (χ0n) is 10.3. The van der Waals surface area contributed by atoms with Crippen LogP contribution in [0.5, 0.6) is 0 Å². The minimum atomic E-state index is 0.694. The van der Waals surface area contributed by atoms with Crippen LogP contribution in [0.25, 0.3) is 0 Å². The molecule has 0 atom stereocenters. The molecule has 94 valence electrons. The summed E-state index contributed by atoms with van der Waals surface area (Å²) in [4.78, 5) is 14.7. The van der Waals surface area contributed by atoms with E-state index in [9.17, 15) is 0 Å². The first-order valence-corrected chi connectivity index (χ1v) is 6.31. The van der Waals surface area contributed by atoms with Crippen molar-refractivity contribution in [2.75, 3.05) is 24.3 Å². The van der Waals surface area contributed by atoms with E-state index in [2.05, 4.69) is 36.2 Å². The van der Waals surface area contributed by atoms with Crippen LogP contribution < -0.4 is 10.2 Å². The Labute approximate surface area is 114 Å². The van der Waals surface area contributed by atoms with Crippen LogP contribution in [-0.2, 0) is 6.54 Å². The second-order valence-electron chi connectivity index (χ2n) is 3.79. The van der Waals surface area contributed by atoms with Crippen molar-refractivity contribution in [2.24, 2.45) is 0 Å². The molecule has 5 nitrogen and oxygen atoms in total. The molecular formula is C12H14BrN5. The lowest BCUT2D eigenvalue weighted by Gasteiger charge is -2.19. The Bertz CT molecular complexity index is 517. The summed E-state index contributed by atoms with van der Waals surface area (Å²) in [6, 6.07) is 5.87. The van der Waals surface area contributed by atoms with E-state index < -0.39 is 0 Å². The Hall–Kier alpha value is -1.69. The molecule has 0 spiro atoms. The number of hydrogen-bond acceptors (Lipinski definition) is 5. The van der Waals surface area contributed by atoms with Crippen molar-refractivity contribution in [1.82, 2.24) is 15.0 Å². The van der Waals surface area contributed by atoms with Gasteiger partial charge in [0.2, 0.25) is 0 Å². The lowest BCUT2D eigenvalue weighted by atomic mass is 10.3. The first-order chi connectivity index (χ1) is 8.72. The highest BCUT2D eigenvalue weighted by Crippen LogP contribution is 2.28. The molecule has 2 aromatic rings. The van der Waals surface area contributed by atoms with Gasteiger partial charge in [0.25, 0.3) is 0 Å². The highest BCUT2D eigenvalue weighted by molar-refractivity contribution is 9.10. The van der Waals surface area contributed by atoms with Gasteiger partial charge in [-0.3, -0.25) is 4.98 Å². The normalized spacial score (nSPS) is 10.2. The zero-order chi connectivity index (χ0) is 13.0. The monoisotopic (exact) mass is 307 g/mol. The van der Waals surface area contributed by atoms with Gasteiger partial charge in [0.1, 0.15) is 22.4 Å². The fourth-order valence-electron chi connectivity index (χ4n) is 1.61. The quantitative estimate of drug-likeness (QED) is 0.939. The van der Waals surface area contributed by atoms with E-state index in [-0.39, 0.29) is 0 Å². The smallest absolute Gasteiger partial charge is 0.148 e. The Balaban J connectivity index is 2.21. The van der Waals surface area contributed by atoms with Gasteiger partial charge in [-0.25, -0.2) is 9.97 Å². The number of aromatic nitrogens is 3. The number of hydrogen-bond donors (Lipinski definition) is 1. The van der Waals surface area contributed by atoms with Crippen molar-refractivity contribution >= 4 is 27.6 Å². The zero-order valence-corrected chi connectivity index (χ0v) is 11.8. The number of rotatable bonds is 4. The molecule has 1 N–H and O–H groups in total. The molecule has 0 amide bonds. The lowest BCUT2D eigenvalue weighted by Crippen LogP contribution is -2.19. The van der Waals surface area contributed by atoms with Crippen molar-refractivity contribution in [1.29, 1.82) is 0 Å². The third kappa shape index (κ3) is 2.76. The van der Waals surface area contributed by atoms with Crippen molar-refractivity contribution in [3.63, 3.8) is 0 Å². The Morgan fingerprint density at radius 2 is 2.11 bits per heavy atom. The van der Waals surface area contributed by atoms with E-state index in [1.54, 1.807) is 12.5 Å². The predicted octanol–water partition coefficient (Wildman–Crippen LogP) is 2.31. The molecule has 0 aliphatic heterocycles. The molecule has 2 aromatic heterocycles. The molecule has 18 heavy (non-hydrogen) atoms. The van der Waals surface area contributed by atoms with Crippen LogP contribution >= 0.6 is 15.9 Å². The van der Waals surface area contributed by atoms with E-state index in [4.69, 9.17) is 0 Å². The molecule has 0 radical (unpaired) electrons. The highest BCUT2D eigenvalue weighted by Gasteiger charge is 2.12. The van der Waals surface area contributed by atoms with Crippen LogP contribution in [0.2, 0.25) is 0 Å². The molecule has 6 heteroatoms. The van der Waals surface area contributed by atoms with Crippen molar-refractivity contribution in [3.8, 4) is 0 Å². The molecule has 0 unspecified atom stereocenters. The topological polar surface area (TPSA) is 53.9 Å². The first-order valence-electron chi connectivity index (χ1n) is 5.51. The van der Waals surface area contributed by atoms with E-state index in [0.717, 1.165) is 21.8 Å². The molecule has 0 saturated carbocycles. The minimum absolute atomic E-state index is 0.694. The molecule has 0 saturated heterocycles. The standard InChI is InChI=1S/C12H14BrN5/c1-14-11-10(13)12(17-8-16-11)18(2)7-9-5-3-4-6-15-9/h3-6,8H,7H2,1-2H3,(H,14,16,17). The maximum atomic E-state index is 4.30. The van der Waals surface area contributed by atoms with Gasteiger partial charge in [-0.2, -0.15) is 0 Å². The second-order valence-corrected chi connectivity index (χ2v) is 4.58. The third-order valence-electron chi connectivity index (χ3n) is 2.49. The minimum Gasteiger partial charge on any atom is -0.372 e. The summed E-state index contributed by atoms with van der Waals surface area (Å²) in [6.07, 6.45) is 3.33. The number of halogens is 1. The fourth-order valence-corrected chi connectivity index (χ4v) is 2.32. The summed E-state index contributed by atoms with van der Waals surface area (Å²) in [5.74, 6) is 1.60. The summed E-state index contributed by atoms with van der Waals surface area (Å²) in [7, 11) is 3.80. The Kier molecular flexibility index (Phi) is 4.09. The number of nitrogens with zero attached hydrogens (tertiary/aromatic N) is 4. The van der Waals surface area contributed by atoms with Crippen LogP contribution in [0.1, 0.15) is 5.69 Å². The van der Waals surface area contributed by atoms with Gasteiger partial charge in [-0.15, -0.1) is 0 Å². The van der Waals surface area contributed by atoms with Gasteiger partial charge in [-0.05, 0) is 28.1 Å². The first kappa shape index (κ1) is 12.8. The van der Waals surface area contributed by atoms with Crippen molar-refractivity contribution < 1.29 is 0 Å². The van der Waals surface area contributed by atoms with E-state index in [0.29, 0.717) is 6.54 Å². The van der Waals surface area contributed by atoms with Crippen molar-refractivity contribution in [3.05, 3.63) is 40.9 Å². The van der Waals surface area contributed by atoms with Crippen molar-refractivity contribution in [2.45, 2.75) is 6.54 Å². The van der Waals surface area contributed by atoms with Gasteiger partial charge in [0.05, 0.1) is 12.2 Å². The number of anilines is 2. The van der Waals surface area contributed by atoms with Crippen LogP contribution in [0.15, 0.2) is 35.2 Å². The maximum absolute atomic E-state index is 4.30. The van der Waals surface area contributed by atoms with Gasteiger partial charge in [0, 0.05) is 20.3 Å². The van der Waals surface area contributed by atoms with E-state index in [1.807, 2.05) is 37.2 Å². The Morgan fingerprint density at radius 3 is 2.78 bits per heavy atom. The summed E-state index contributed by atoms with van der Waals surface area (Å²) < 4.78 is 0.853. The van der Waals surface area contributed by atoms with Gasteiger partial charge in [-0.1, -0.05) is 6.07 Å². The van der Waals surface area contributed by atoms with E-state index >= 15 is 0 Å². The Morgan fingerprint density at radius 1 is 1.28 bits per heavy atom. The summed E-state index contributed by atoms with van der Waals surface area (Å²) >= 11 is 3.51. The predicted molar refractivity (Wildman–Crippen MR) is 75.6 cm³/mol. The van der Waals surface area contributed by atoms with E-state index in [1.165, 1.54) is 0 Å². The maximum Gasteiger partial charge on any atom is 0.148 e. The molecule has 0 aromatic carbocycles. The molecular weight excluding hydrogens is 294 g/mol. The third-order valence-corrected chi connectivity index (χ3v) is 3.22.